The van der Waals surface area contributed by atoms with Crippen LogP contribution in [-0.2, 0) is 6.42 Å². The number of aliphatic imine (C=N–C) groups is 1. The molecule has 1 atom stereocenters. The molecule has 0 aromatic heterocycles. The highest BCUT2D eigenvalue weighted by molar-refractivity contribution is 5.85. The van der Waals surface area contributed by atoms with E-state index in [2.05, 4.69) is 55.3 Å². The standard InChI is InChI=1S/C15H22N2/c1-4-15(3)10-16-14(17-11-15)9-13-7-5-12(2)6-8-13/h5-8H,4,9-11H2,1-3H3,(H,16,17). The Labute approximate surface area is 104 Å². The van der Waals surface area contributed by atoms with Crippen molar-refractivity contribution < 1.29 is 0 Å². The molecule has 1 unspecified atom stereocenters. The first-order valence-electron chi connectivity index (χ1n) is 6.44. The number of nitrogens with one attached hydrogen (secondary N) is 1. The van der Waals surface area contributed by atoms with Crippen molar-refractivity contribution in [1.82, 2.24) is 5.32 Å². The molecule has 92 valence electrons. The molecule has 1 aliphatic heterocycles. The summed E-state index contributed by atoms with van der Waals surface area (Å²) in [5.74, 6) is 1.14. The van der Waals surface area contributed by atoms with Crippen molar-refractivity contribution in [3.05, 3.63) is 35.4 Å². The molecular weight excluding hydrogens is 208 g/mol. The minimum atomic E-state index is 0.344. The predicted molar refractivity (Wildman–Crippen MR) is 73.6 cm³/mol. The predicted octanol–water partition coefficient (Wildman–Crippen LogP) is 2.96. The first kappa shape index (κ1) is 12.2. The Bertz CT molecular complexity index is 405. The molecule has 17 heavy (non-hydrogen) atoms. The first-order chi connectivity index (χ1) is 8.11. The van der Waals surface area contributed by atoms with Gasteiger partial charge in [-0.3, -0.25) is 4.99 Å². The van der Waals surface area contributed by atoms with Gasteiger partial charge >= 0.3 is 0 Å². The maximum Gasteiger partial charge on any atom is 0.101 e. The fourth-order valence-corrected chi connectivity index (χ4v) is 1.97. The van der Waals surface area contributed by atoms with Crippen LogP contribution in [0, 0.1) is 12.3 Å². The monoisotopic (exact) mass is 230 g/mol. The van der Waals surface area contributed by atoms with Crippen LogP contribution >= 0.6 is 0 Å². The lowest BCUT2D eigenvalue weighted by molar-refractivity contribution is 0.309. The summed E-state index contributed by atoms with van der Waals surface area (Å²) in [5.41, 5.74) is 2.99. The van der Waals surface area contributed by atoms with Crippen LogP contribution in [0.4, 0.5) is 0 Å². The number of amidine groups is 1. The van der Waals surface area contributed by atoms with Crippen molar-refractivity contribution in [2.24, 2.45) is 10.4 Å². The molecule has 1 heterocycles. The summed E-state index contributed by atoms with van der Waals surface area (Å²) in [6, 6.07) is 8.70. The van der Waals surface area contributed by atoms with Crippen LogP contribution in [0.5, 0.6) is 0 Å². The van der Waals surface area contributed by atoms with E-state index in [0.717, 1.165) is 25.3 Å². The van der Waals surface area contributed by atoms with Crippen molar-refractivity contribution in [2.75, 3.05) is 13.1 Å². The molecular formula is C15H22N2. The minimum Gasteiger partial charge on any atom is -0.373 e. The van der Waals surface area contributed by atoms with Gasteiger partial charge in [-0.05, 0) is 18.9 Å². The molecule has 2 rings (SSSR count). The number of aryl methyl sites for hydroxylation is 1. The molecule has 0 spiro atoms. The highest BCUT2D eigenvalue weighted by Crippen LogP contribution is 2.23. The van der Waals surface area contributed by atoms with Gasteiger partial charge in [-0.15, -0.1) is 0 Å². The minimum absolute atomic E-state index is 0.344. The van der Waals surface area contributed by atoms with Crippen LogP contribution in [0.2, 0.25) is 0 Å². The number of nitrogens with zero attached hydrogens (tertiary/aromatic N) is 1. The van der Waals surface area contributed by atoms with Gasteiger partial charge in [0.25, 0.3) is 0 Å². The summed E-state index contributed by atoms with van der Waals surface area (Å²) >= 11 is 0. The molecule has 0 fully saturated rings. The van der Waals surface area contributed by atoms with Crippen molar-refractivity contribution in [1.29, 1.82) is 0 Å². The zero-order chi connectivity index (χ0) is 12.3. The van der Waals surface area contributed by atoms with Gasteiger partial charge in [-0.1, -0.05) is 43.7 Å². The second-order valence-electron chi connectivity index (χ2n) is 5.44. The second-order valence-corrected chi connectivity index (χ2v) is 5.44. The third-order valence-corrected chi connectivity index (χ3v) is 3.72. The van der Waals surface area contributed by atoms with E-state index >= 15 is 0 Å². The lowest BCUT2D eigenvalue weighted by Gasteiger charge is -2.32. The molecule has 0 aliphatic carbocycles. The van der Waals surface area contributed by atoms with Crippen LogP contribution in [0.25, 0.3) is 0 Å². The fraction of sp³-hybridized carbons (Fsp3) is 0.533. The average molecular weight is 230 g/mol. The van der Waals surface area contributed by atoms with Crippen molar-refractivity contribution in [3.8, 4) is 0 Å². The molecule has 0 radical (unpaired) electrons. The van der Waals surface area contributed by atoms with Crippen LogP contribution in [0.1, 0.15) is 31.4 Å². The third-order valence-electron chi connectivity index (χ3n) is 3.72. The lowest BCUT2D eigenvalue weighted by atomic mass is 9.86. The largest absolute Gasteiger partial charge is 0.373 e. The quantitative estimate of drug-likeness (QED) is 0.848. The van der Waals surface area contributed by atoms with Crippen molar-refractivity contribution in [2.45, 2.75) is 33.6 Å². The van der Waals surface area contributed by atoms with E-state index in [1.807, 2.05) is 0 Å². The highest BCUT2D eigenvalue weighted by atomic mass is 15.0. The topological polar surface area (TPSA) is 24.4 Å². The van der Waals surface area contributed by atoms with Crippen molar-refractivity contribution in [3.63, 3.8) is 0 Å². The van der Waals surface area contributed by atoms with Crippen molar-refractivity contribution >= 4 is 5.84 Å². The highest BCUT2D eigenvalue weighted by Gasteiger charge is 2.25. The van der Waals surface area contributed by atoms with Gasteiger partial charge in [-0.25, -0.2) is 0 Å². The summed E-state index contributed by atoms with van der Waals surface area (Å²) < 4.78 is 0. The summed E-state index contributed by atoms with van der Waals surface area (Å²) in [7, 11) is 0. The molecule has 1 N–H and O–H groups in total. The SMILES string of the molecule is CCC1(C)CN=C(Cc2ccc(C)cc2)NC1. The molecule has 0 saturated carbocycles. The number of hydrogen-bond donors (Lipinski definition) is 1. The Balaban J connectivity index is 1.99. The zero-order valence-corrected chi connectivity index (χ0v) is 11.1. The molecule has 0 bridgehead atoms. The van der Waals surface area contributed by atoms with E-state index < -0.39 is 0 Å². The molecule has 1 aliphatic rings. The van der Waals surface area contributed by atoms with E-state index in [1.54, 1.807) is 0 Å². The van der Waals surface area contributed by atoms with E-state index in [4.69, 9.17) is 0 Å². The van der Waals surface area contributed by atoms with Crippen LogP contribution in [-0.4, -0.2) is 18.9 Å². The van der Waals surface area contributed by atoms with Gasteiger partial charge in [0, 0.05) is 24.9 Å². The smallest absolute Gasteiger partial charge is 0.101 e. The maximum absolute atomic E-state index is 4.68. The Hall–Kier alpha value is -1.31. The van der Waals surface area contributed by atoms with Gasteiger partial charge in [0.1, 0.15) is 5.84 Å². The van der Waals surface area contributed by atoms with Crippen LogP contribution in [0.15, 0.2) is 29.3 Å². The molecule has 1 aromatic carbocycles. The second kappa shape index (κ2) is 4.91. The Kier molecular flexibility index (Phi) is 3.51. The summed E-state index contributed by atoms with van der Waals surface area (Å²) in [4.78, 5) is 4.68. The number of rotatable bonds is 3. The summed E-state index contributed by atoms with van der Waals surface area (Å²) in [6.07, 6.45) is 2.11. The summed E-state index contributed by atoms with van der Waals surface area (Å²) in [6.45, 7) is 8.66. The lowest BCUT2D eigenvalue weighted by Crippen LogP contribution is -2.43. The Morgan fingerprint density at radius 3 is 2.53 bits per heavy atom. The van der Waals surface area contributed by atoms with Gasteiger partial charge in [0.2, 0.25) is 0 Å². The van der Waals surface area contributed by atoms with Gasteiger partial charge in [0.05, 0.1) is 0 Å². The van der Waals surface area contributed by atoms with E-state index in [1.165, 1.54) is 17.5 Å². The van der Waals surface area contributed by atoms with E-state index in [9.17, 15) is 0 Å². The molecule has 1 aromatic rings. The van der Waals surface area contributed by atoms with Gasteiger partial charge in [-0.2, -0.15) is 0 Å². The normalized spacial score (nSPS) is 24.1. The molecule has 0 amide bonds. The first-order valence-corrected chi connectivity index (χ1v) is 6.44. The van der Waals surface area contributed by atoms with Gasteiger partial charge in [0.15, 0.2) is 0 Å². The molecule has 2 nitrogen and oxygen atoms in total. The molecule has 0 saturated heterocycles. The Morgan fingerprint density at radius 2 is 2.00 bits per heavy atom. The van der Waals surface area contributed by atoms with Gasteiger partial charge < -0.3 is 5.32 Å². The maximum atomic E-state index is 4.68. The van der Waals surface area contributed by atoms with E-state index in [-0.39, 0.29) is 0 Å². The fourth-order valence-electron chi connectivity index (χ4n) is 1.97. The number of benzene rings is 1. The van der Waals surface area contributed by atoms with Crippen LogP contribution < -0.4 is 5.32 Å². The summed E-state index contributed by atoms with van der Waals surface area (Å²) in [5, 5.41) is 3.47. The molecule has 2 heteroatoms. The Morgan fingerprint density at radius 1 is 1.29 bits per heavy atom. The zero-order valence-electron chi connectivity index (χ0n) is 11.1. The third kappa shape index (κ3) is 3.09. The number of hydrogen-bond acceptors (Lipinski definition) is 2. The van der Waals surface area contributed by atoms with Crippen LogP contribution in [0.3, 0.4) is 0 Å². The van der Waals surface area contributed by atoms with E-state index in [0.29, 0.717) is 5.41 Å². The average Bonchev–Trinajstić information content (AvgIpc) is 2.35.